The average Bonchev–Trinajstić information content (AvgIpc) is 2.65. The Morgan fingerprint density at radius 1 is 1.08 bits per heavy atom. The van der Waals surface area contributed by atoms with Gasteiger partial charge in [-0.1, -0.05) is 6.58 Å². The van der Waals surface area contributed by atoms with Crippen LogP contribution in [0.4, 0.5) is 15.3 Å². The molecule has 8 heteroatoms. The molecule has 1 aromatic rings. The summed E-state index contributed by atoms with van der Waals surface area (Å²) >= 11 is 0. The molecule has 0 bridgehead atoms. The maximum Gasteiger partial charge on any atom is 0.410 e. The van der Waals surface area contributed by atoms with Crippen LogP contribution in [-0.4, -0.2) is 68.9 Å². The minimum Gasteiger partial charge on any atom is -0.493 e. The van der Waals surface area contributed by atoms with Crippen molar-refractivity contribution in [1.29, 1.82) is 0 Å². The van der Waals surface area contributed by atoms with E-state index in [0.717, 1.165) is 5.57 Å². The molecular formula is C18H25N3O5. The molecule has 26 heavy (non-hydrogen) atoms. The second-order valence-corrected chi connectivity index (χ2v) is 5.99. The van der Waals surface area contributed by atoms with Crippen LogP contribution in [-0.2, 0) is 4.74 Å². The number of ether oxygens (including phenoxy) is 3. The second kappa shape index (κ2) is 8.98. The SMILES string of the molecule is C=C(C)COC(=O)N1CCN(C(=O)Nc2ccc(OC)c(OC)c2)CC1. The number of carbonyl (C=O) groups excluding carboxylic acids is 2. The third-order valence-corrected chi connectivity index (χ3v) is 3.90. The minimum absolute atomic E-state index is 0.207. The Balaban J connectivity index is 1.86. The number of anilines is 1. The topological polar surface area (TPSA) is 80.3 Å². The van der Waals surface area contributed by atoms with Gasteiger partial charge in [0.15, 0.2) is 11.5 Å². The molecule has 2 rings (SSSR count). The van der Waals surface area contributed by atoms with Crippen molar-refractivity contribution in [3.05, 3.63) is 30.4 Å². The highest BCUT2D eigenvalue weighted by Gasteiger charge is 2.25. The lowest BCUT2D eigenvalue weighted by molar-refractivity contribution is 0.0892. The molecule has 142 valence electrons. The van der Waals surface area contributed by atoms with Gasteiger partial charge >= 0.3 is 12.1 Å². The van der Waals surface area contributed by atoms with Crippen molar-refractivity contribution < 1.29 is 23.8 Å². The molecule has 1 aliphatic rings. The Morgan fingerprint density at radius 2 is 1.69 bits per heavy atom. The van der Waals surface area contributed by atoms with Crippen LogP contribution in [0.3, 0.4) is 0 Å². The molecule has 0 atom stereocenters. The van der Waals surface area contributed by atoms with Crippen LogP contribution >= 0.6 is 0 Å². The van der Waals surface area contributed by atoms with Gasteiger partial charge in [0.1, 0.15) is 6.61 Å². The van der Waals surface area contributed by atoms with E-state index in [-0.39, 0.29) is 18.7 Å². The van der Waals surface area contributed by atoms with Gasteiger partial charge in [0.25, 0.3) is 0 Å². The zero-order chi connectivity index (χ0) is 19.1. The quantitative estimate of drug-likeness (QED) is 0.813. The highest BCUT2D eigenvalue weighted by atomic mass is 16.6. The highest BCUT2D eigenvalue weighted by Crippen LogP contribution is 2.29. The molecule has 1 aromatic carbocycles. The number of carbonyl (C=O) groups is 2. The Morgan fingerprint density at radius 3 is 2.27 bits per heavy atom. The van der Waals surface area contributed by atoms with Crippen molar-refractivity contribution in [2.75, 3.05) is 52.3 Å². The molecule has 0 aromatic heterocycles. The monoisotopic (exact) mass is 363 g/mol. The van der Waals surface area contributed by atoms with Gasteiger partial charge in [-0.2, -0.15) is 0 Å². The highest BCUT2D eigenvalue weighted by molar-refractivity contribution is 5.90. The van der Waals surface area contributed by atoms with Crippen molar-refractivity contribution in [3.63, 3.8) is 0 Å². The first-order valence-electron chi connectivity index (χ1n) is 8.28. The zero-order valence-corrected chi connectivity index (χ0v) is 15.4. The minimum atomic E-state index is -0.382. The van der Waals surface area contributed by atoms with E-state index in [4.69, 9.17) is 14.2 Å². The number of benzene rings is 1. The summed E-state index contributed by atoms with van der Waals surface area (Å²) < 4.78 is 15.5. The van der Waals surface area contributed by atoms with Crippen LogP contribution in [0, 0.1) is 0 Å². The first-order chi connectivity index (χ1) is 12.4. The molecule has 1 heterocycles. The second-order valence-electron chi connectivity index (χ2n) is 5.99. The van der Waals surface area contributed by atoms with Gasteiger partial charge in [0.05, 0.1) is 14.2 Å². The molecule has 0 radical (unpaired) electrons. The normalized spacial score (nSPS) is 13.8. The molecule has 3 amide bonds. The maximum atomic E-state index is 12.4. The van der Waals surface area contributed by atoms with Crippen LogP contribution in [0.5, 0.6) is 11.5 Å². The number of piperazine rings is 1. The van der Waals surface area contributed by atoms with Crippen molar-refractivity contribution in [2.45, 2.75) is 6.92 Å². The van der Waals surface area contributed by atoms with Crippen LogP contribution in [0.1, 0.15) is 6.92 Å². The number of rotatable bonds is 5. The van der Waals surface area contributed by atoms with Gasteiger partial charge in [-0.15, -0.1) is 0 Å². The summed E-state index contributed by atoms with van der Waals surface area (Å²) in [4.78, 5) is 27.6. The molecule has 1 N–H and O–H groups in total. The van der Waals surface area contributed by atoms with E-state index < -0.39 is 0 Å². The van der Waals surface area contributed by atoms with E-state index >= 15 is 0 Å². The first-order valence-corrected chi connectivity index (χ1v) is 8.28. The Bertz CT molecular complexity index is 669. The maximum absolute atomic E-state index is 12.4. The summed E-state index contributed by atoms with van der Waals surface area (Å²) in [5, 5.41) is 2.83. The standard InChI is InChI=1S/C18H25N3O5/c1-13(2)12-26-18(23)21-9-7-20(8-10-21)17(22)19-14-5-6-15(24-3)16(11-14)25-4/h5-6,11H,1,7-10,12H2,2-4H3,(H,19,22). The van der Waals surface area contributed by atoms with Crippen molar-refractivity contribution in [1.82, 2.24) is 9.80 Å². The smallest absolute Gasteiger partial charge is 0.410 e. The van der Waals surface area contributed by atoms with E-state index in [1.807, 2.05) is 0 Å². The van der Waals surface area contributed by atoms with Crippen LogP contribution in [0.2, 0.25) is 0 Å². The Labute approximate surface area is 153 Å². The largest absolute Gasteiger partial charge is 0.493 e. The number of nitrogens with zero attached hydrogens (tertiary/aromatic N) is 2. The number of hydrogen-bond acceptors (Lipinski definition) is 5. The Hall–Kier alpha value is -2.90. The van der Waals surface area contributed by atoms with Crippen LogP contribution in [0.15, 0.2) is 30.4 Å². The van der Waals surface area contributed by atoms with Crippen molar-refractivity contribution in [2.24, 2.45) is 0 Å². The lowest BCUT2D eigenvalue weighted by atomic mass is 10.2. The van der Waals surface area contributed by atoms with Gasteiger partial charge < -0.3 is 29.3 Å². The summed E-state index contributed by atoms with van der Waals surface area (Å²) in [6, 6.07) is 4.93. The fourth-order valence-corrected chi connectivity index (χ4v) is 2.48. The fraction of sp³-hybridized carbons (Fsp3) is 0.444. The van der Waals surface area contributed by atoms with E-state index in [9.17, 15) is 9.59 Å². The predicted molar refractivity (Wildman–Crippen MR) is 97.9 cm³/mol. The van der Waals surface area contributed by atoms with Gasteiger partial charge in [-0.25, -0.2) is 9.59 Å². The van der Waals surface area contributed by atoms with Crippen LogP contribution < -0.4 is 14.8 Å². The average molecular weight is 363 g/mol. The predicted octanol–water partition coefficient (Wildman–Crippen LogP) is 2.57. The van der Waals surface area contributed by atoms with Gasteiger partial charge in [-0.3, -0.25) is 0 Å². The number of methoxy groups -OCH3 is 2. The summed E-state index contributed by atoms with van der Waals surface area (Å²) in [6.07, 6.45) is -0.382. The molecular weight excluding hydrogens is 338 g/mol. The lowest BCUT2D eigenvalue weighted by Gasteiger charge is -2.34. The molecule has 0 saturated carbocycles. The molecule has 8 nitrogen and oxygen atoms in total. The zero-order valence-electron chi connectivity index (χ0n) is 15.4. The lowest BCUT2D eigenvalue weighted by Crippen LogP contribution is -2.51. The third-order valence-electron chi connectivity index (χ3n) is 3.90. The van der Waals surface area contributed by atoms with Gasteiger partial charge in [-0.05, 0) is 24.6 Å². The molecule has 1 aliphatic heterocycles. The first kappa shape index (κ1) is 19.4. The molecule has 0 unspecified atom stereocenters. The number of amides is 3. The van der Waals surface area contributed by atoms with E-state index in [0.29, 0.717) is 43.4 Å². The summed E-state index contributed by atoms with van der Waals surface area (Å²) in [5.41, 5.74) is 1.39. The molecule has 1 fully saturated rings. The number of nitrogens with one attached hydrogen (secondary N) is 1. The Kier molecular flexibility index (Phi) is 6.71. The van der Waals surface area contributed by atoms with Gasteiger partial charge in [0, 0.05) is 37.9 Å². The molecule has 1 saturated heterocycles. The van der Waals surface area contributed by atoms with Gasteiger partial charge in [0.2, 0.25) is 0 Å². The number of urea groups is 1. The van der Waals surface area contributed by atoms with E-state index in [1.165, 1.54) is 7.11 Å². The fourth-order valence-electron chi connectivity index (χ4n) is 2.48. The summed E-state index contributed by atoms with van der Waals surface area (Å²) in [6.45, 7) is 7.41. The molecule has 0 aliphatic carbocycles. The van der Waals surface area contributed by atoms with E-state index in [1.54, 1.807) is 42.0 Å². The van der Waals surface area contributed by atoms with Crippen molar-refractivity contribution >= 4 is 17.8 Å². The van der Waals surface area contributed by atoms with Crippen LogP contribution in [0.25, 0.3) is 0 Å². The summed E-state index contributed by atoms with van der Waals surface area (Å²) in [5.74, 6) is 1.13. The molecule has 0 spiro atoms. The number of hydrogen-bond donors (Lipinski definition) is 1. The summed E-state index contributed by atoms with van der Waals surface area (Å²) in [7, 11) is 3.09. The van der Waals surface area contributed by atoms with E-state index in [2.05, 4.69) is 11.9 Å². The third kappa shape index (κ3) is 5.05. The van der Waals surface area contributed by atoms with Crippen molar-refractivity contribution in [3.8, 4) is 11.5 Å².